The minimum Gasteiger partial charge on any atom is -0.387 e. The van der Waals surface area contributed by atoms with Crippen molar-refractivity contribution in [3.8, 4) is 0 Å². The van der Waals surface area contributed by atoms with Crippen LogP contribution in [0.3, 0.4) is 0 Å². The van der Waals surface area contributed by atoms with Crippen molar-refractivity contribution >= 4 is 5.84 Å². The van der Waals surface area contributed by atoms with E-state index in [0.29, 0.717) is 11.8 Å². The fraction of sp³-hybridized carbons (Fsp3) is 0.833. The maximum Gasteiger partial charge on any atom is 0.0949 e. The van der Waals surface area contributed by atoms with Crippen LogP contribution in [0.25, 0.3) is 0 Å². The number of nitrogens with two attached hydrogens (primary N) is 1. The van der Waals surface area contributed by atoms with Gasteiger partial charge in [-0.05, 0) is 19.4 Å². The lowest BCUT2D eigenvalue weighted by Gasteiger charge is -2.20. The molecule has 0 amide bonds. The maximum absolute atomic E-state index is 7.13. The number of rotatable bonds is 1. The molecule has 1 unspecified atom stereocenters. The summed E-state index contributed by atoms with van der Waals surface area (Å²) in [4.78, 5) is 0. The van der Waals surface area contributed by atoms with Crippen molar-refractivity contribution in [1.82, 2.24) is 5.32 Å². The second-order valence-corrected chi connectivity index (χ2v) is 2.50. The molecule has 3 heteroatoms. The molecule has 1 rings (SSSR count). The molecule has 0 aromatic heterocycles. The normalized spacial score (nSPS) is 27.8. The van der Waals surface area contributed by atoms with Gasteiger partial charge in [0, 0.05) is 12.5 Å². The molecule has 1 atom stereocenters. The number of amidine groups is 1. The molecule has 1 aliphatic rings. The minimum absolute atomic E-state index is 0.304. The van der Waals surface area contributed by atoms with E-state index in [-0.39, 0.29) is 0 Å². The average molecular weight is 127 g/mol. The van der Waals surface area contributed by atoms with Crippen molar-refractivity contribution in [3.05, 3.63) is 0 Å². The minimum atomic E-state index is 0.304. The summed E-state index contributed by atoms with van der Waals surface area (Å²) in [6, 6.07) is 0. The van der Waals surface area contributed by atoms with Crippen LogP contribution in [0.2, 0.25) is 0 Å². The molecule has 0 bridgehead atoms. The van der Waals surface area contributed by atoms with Gasteiger partial charge >= 0.3 is 0 Å². The second kappa shape index (κ2) is 2.82. The summed E-state index contributed by atoms with van der Waals surface area (Å²) in [5.41, 5.74) is 5.31. The van der Waals surface area contributed by atoms with Gasteiger partial charge in [-0.15, -0.1) is 0 Å². The Balaban J connectivity index is 2.31. The highest BCUT2D eigenvalue weighted by Crippen LogP contribution is 2.07. The lowest BCUT2D eigenvalue weighted by atomic mass is 9.99. The quantitative estimate of drug-likeness (QED) is 0.341. The highest BCUT2D eigenvalue weighted by molar-refractivity contribution is 5.79. The van der Waals surface area contributed by atoms with E-state index in [4.69, 9.17) is 11.1 Å². The summed E-state index contributed by atoms with van der Waals surface area (Å²) < 4.78 is 0. The predicted molar refractivity (Wildman–Crippen MR) is 37.5 cm³/mol. The van der Waals surface area contributed by atoms with Crippen LogP contribution in [0.15, 0.2) is 0 Å². The Bertz CT molecular complexity index is 105. The van der Waals surface area contributed by atoms with Crippen LogP contribution in [0.1, 0.15) is 12.8 Å². The first kappa shape index (κ1) is 6.55. The van der Waals surface area contributed by atoms with E-state index in [0.717, 1.165) is 25.9 Å². The summed E-state index contributed by atoms with van der Waals surface area (Å²) in [5, 5.41) is 10.3. The van der Waals surface area contributed by atoms with Crippen LogP contribution in [0.5, 0.6) is 0 Å². The largest absolute Gasteiger partial charge is 0.387 e. The first-order valence-electron chi connectivity index (χ1n) is 3.35. The van der Waals surface area contributed by atoms with E-state index < -0.39 is 0 Å². The standard InChI is InChI=1S/C6H13N3/c7-6(8)5-2-1-3-9-4-5/h5,9H,1-4H2,(H3,7,8). The van der Waals surface area contributed by atoms with Gasteiger partial charge in [0.2, 0.25) is 0 Å². The SMILES string of the molecule is N=C(N)C1CCCNC1. The molecule has 0 saturated carbocycles. The first-order chi connectivity index (χ1) is 4.30. The van der Waals surface area contributed by atoms with Gasteiger partial charge in [0.1, 0.15) is 0 Å². The number of hydrogen-bond donors (Lipinski definition) is 3. The summed E-state index contributed by atoms with van der Waals surface area (Å²) in [5.74, 6) is 0.640. The zero-order valence-corrected chi connectivity index (χ0v) is 5.48. The van der Waals surface area contributed by atoms with Crippen LogP contribution in [-0.2, 0) is 0 Å². The van der Waals surface area contributed by atoms with Gasteiger partial charge in [-0.1, -0.05) is 0 Å². The molecule has 1 aliphatic heterocycles. The van der Waals surface area contributed by atoms with Crippen molar-refractivity contribution in [2.75, 3.05) is 13.1 Å². The van der Waals surface area contributed by atoms with Crippen LogP contribution in [0, 0.1) is 11.3 Å². The van der Waals surface area contributed by atoms with Crippen molar-refractivity contribution in [3.63, 3.8) is 0 Å². The molecular weight excluding hydrogens is 114 g/mol. The van der Waals surface area contributed by atoms with Gasteiger partial charge in [0.15, 0.2) is 0 Å². The summed E-state index contributed by atoms with van der Waals surface area (Å²) in [6.07, 6.45) is 2.24. The summed E-state index contributed by atoms with van der Waals surface area (Å²) in [6.45, 7) is 1.99. The predicted octanol–water partition coefficient (Wildman–Crippen LogP) is -0.0780. The molecule has 0 aliphatic carbocycles. The third-order valence-corrected chi connectivity index (χ3v) is 1.74. The topological polar surface area (TPSA) is 61.9 Å². The Morgan fingerprint density at radius 3 is 2.78 bits per heavy atom. The number of hydrogen-bond acceptors (Lipinski definition) is 2. The molecule has 1 heterocycles. The van der Waals surface area contributed by atoms with Crippen molar-refractivity contribution in [2.45, 2.75) is 12.8 Å². The molecule has 0 spiro atoms. The zero-order chi connectivity index (χ0) is 6.69. The summed E-state index contributed by atoms with van der Waals surface area (Å²) in [7, 11) is 0. The van der Waals surface area contributed by atoms with E-state index in [1.807, 2.05) is 0 Å². The van der Waals surface area contributed by atoms with E-state index in [2.05, 4.69) is 5.32 Å². The van der Waals surface area contributed by atoms with Crippen molar-refractivity contribution in [2.24, 2.45) is 11.7 Å². The number of piperidine rings is 1. The monoisotopic (exact) mass is 127 g/mol. The lowest BCUT2D eigenvalue weighted by Crippen LogP contribution is -2.37. The Hall–Kier alpha value is -0.570. The van der Waals surface area contributed by atoms with E-state index in [1.165, 1.54) is 0 Å². The van der Waals surface area contributed by atoms with Crippen LogP contribution >= 0.6 is 0 Å². The Morgan fingerprint density at radius 1 is 1.67 bits per heavy atom. The Morgan fingerprint density at radius 2 is 2.44 bits per heavy atom. The first-order valence-corrected chi connectivity index (χ1v) is 3.35. The molecule has 3 nitrogen and oxygen atoms in total. The fourth-order valence-electron chi connectivity index (χ4n) is 1.12. The van der Waals surface area contributed by atoms with Gasteiger partial charge in [-0.25, -0.2) is 0 Å². The highest BCUT2D eigenvalue weighted by Gasteiger charge is 2.14. The molecular formula is C6H13N3. The molecule has 1 saturated heterocycles. The molecule has 0 radical (unpaired) electrons. The number of nitrogens with one attached hydrogen (secondary N) is 2. The molecule has 0 aromatic rings. The van der Waals surface area contributed by atoms with Gasteiger partial charge in [-0.3, -0.25) is 5.41 Å². The third-order valence-electron chi connectivity index (χ3n) is 1.74. The average Bonchev–Trinajstić information content (AvgIpc) is 1.90. The van der Waals surface area contributed by atoms with Gasteiger partial charge in [0.25, 0.3) is 0 Å². The second-order valence-electron chi connectivity index (χ2n) is 2.50. The fourth-order valence-corrected chi connectivity index (χ4v) is 1.12. The molecule has 52 valence electrons. The molecule has 4 N–H and O–H groups in total. The zero-order valence-electron chi connectivity index (χ0n) is 5.48. The maximum atomic E-state index is 7.13. The van der Waals surface area contributed by atoms with E-state index in [1.54, 1.807) is 0 Å². The highest BCUT2D eigenvalue weighted by atomic mass is 14.9. The molecule has 1 fully saturated rings. The molecule has 0 aromatic carbocycles. The van der Waals surface area contributed by atoms with Gasteiger partial charge < -0.3 is 11.1 Å². The van der Waals surface area contributed by atoms with Crippen LogP contribution < -0.4 is 11.1 Å². The Kier molecular flexibility index (Phi) is 2.05. The smallest absolute Gasteiger partial charge is 0.0949 e. The van der Waals surface area contributed by atoms with Gasteiger partial charge in [0.05, 0.1) is 5.84 Å². The third kappa shape index (κ3) is 1.68. The molecule has 9 heavy (non-hydrogen) atoms. The van der Waals surface area contributed by atoms with Crippen molar-refractivity contribution in [1.29, 1.82) is 5.41 Å². The van der Waals surface area contributed by atoms with Crippen LogP contribution in [-0.4, -0.2) is 18.9 Å². The van der Waals surface area contributed by atoms with Gasteiger partial charge in [-0.2, -0.15) is 0 Å². The van der Waals surface area contributed by atoms with Crippen LogP contribution in [0.4, 0.5) is 0 Å². The summed E-state index contributed by atoms with van der Waals surface area (Å²) >= 11 is 0. The van der Waals surface area contributed by atoms with E-state index >= 15 is 0 Å². The Labute approximate surface area is 55.1 Å². The van der Waals surface area contributed by atoms with E-state index in [9.17, 15) is 0 Å². The van der Waals surface area contributed by atoms with Crippen molar-refractivity contribution < 1.29 is 0 Å². The lowest BCUT2D eigenvalue weighted by molar-refractivity contribution is 0.454.